The van der Waals surface area contributed by atoms with Gasteiger partial charge < -0.3 is 15.4 Å². The molecule has 14 heavy (non-hydrogen) atoms. The third kappa shape index (κ3) is 5.53. The van der Waals surface area contributed by atoms with E-state index in [1.165, 1.54) is 7.11 Å². The molecule has 0 radical (unpaired) electrons. The van der Waals surface area contributed by atoms with Gasteiger partial charge in [0.05, 0.1) is 6.54 Å². The van der Waals surface area contributed by atoms with Crippen molar-refractivity contribution in [1.29, 1.82) is 0 Å². The molecular formula is C9H18N2O3. The molecule has 0 aliphatic carbocycles. The Morgan fingerprint density at radius 1 is 1.29 bits per heavy atom. The Kier molecular flexibility index (Phi) is 5.87. The first kappa shape index (κ1) is 12.9. The largest absolute Gasteiger partial charge is 0.372 e. The van der Waals surface area contributed by atoms with Crippen molar-refractivity contribution in [1.82, 2.24) is 10.6 Å². The quantitative estimate of drug-likeness (QED) is 0.641. The summed E-state index contributed by atoms with van der Waals surface area (Å²) in [7, 11) is 1.44. The summed E-state index contributed by atoms with van der Waals surface area (Å²) < 4.78 is 4.78. The van der Waals surface area contributed by atoms with Crippen LogP contribution in [0.1, 0.15) is 20.8 Å². The molecule has 82 valence electrons. The van der Waals surface area contributed by atoms with Crippen LogP contribution in [0.5, 0.6) is 0 Å². The minimum absolute atomic E-state index is 0.00921. The Morgan fingerprint density at radius 2 is 1.86 bits per heavy atom. The molecule has 0 aliphatic heterocycles. The molecule has 2 amide bonds. The fourth-order valence-corrected chi connectivity index (χ4v) is 0.791. The van der Waals surface area contributed by atoms with Gasteiger partial charge in [-0.2, -0.15) is 0 Å². The number of hydrogen-bond donors (Lipinski definition) is 2. The summed E-state index contributed by atoms with van der Waals surface area (Å²) >= 11 is 0. The monoisotopic (exact) mass is 202 g/mol. The number of carbonyl (C=O) groups excluding carboxylic acids is 2. The van der Waals surface area contributed by atoms with Crippen molar-refractivity contribution in [2.24, 2.45) is 0 Å². The second-order valence-corrected chi connectivity index (χ2v) is 3.32. The van der Waals surface area contributed by atoms with E-state index < -0.39 is 6.10 Å². The summed E-state index contributed by atoms with van der Waals surface area (Å²) in [4.78, 5) is 22.3. The van der Waals surface area contributed by atoms with Crippen LogP contribution in [-0.4, -0.2) is 37.6 Å². The molecule has 0 aliphatic rings. The fourth-order valence-electron chi connectivity index (χ4n) is 0.791. The normalized spacial score (nSPS) is 12.4. The van der Waals surface area contributed by atoms with Crippen LogP contribution in [0.2, 0.25) is 0 Å². The van der Waals surface area contributed by atoms with Crippen molar-refractivity contribution in [2.45, 2.75) is 32.9 Å². The van der Waals surface area contributed by atoms with E-state index in [4.69, 9.17) is 4.74 Å². The molecule has 1 atom stereocenters. The van der Waals surface area contributed by atoms with E-state index in [1.807, 2.05) is 13.8 Å². The number of amides is 2. The molecule has 0 saturated heterocycles. The van der Waals surface area contributed by atoms with Crippen molar-refractivity contribution in [3.05, 3.63) is 0 Å². The van der Waals surface area contributed by atoms with E-state index in [1.54, 1.807) is 6.92 Å². The molecule has 0 rings (SSSR count). The predicted octanol–water partition coefficient (Wildman–Crippen LogP) is -0.338. The van der Waals surface area contributed by atoms with Crippen LogP contribution in [0.4, 0.5) is 0 Å². The molecule has 0 saturated carbocycles. The molecule has 0 aromatic heterocycles. The second kappa shape index (κ2) is 6.37. The lowest BCUT2D eigenvalue weighted by molar-refractivity contribution is -0.132. The van der Waals surface area contributed by atoms with Gasteiger partial charge in [-0.05, 0) is 20.8 Å². The minimum Gasteiger partial charge on any atom is -0.372 e. The van der Waals surface area contributed by atoms with Crippen molar-refractivity contribution >= 4 is 11.8 Å². The first-order chi connectivity index (χ1) is 6.47. The molecule has 0 heterocycles. The predicted molar refractivity (Wildman–Crippen MR) is 52.8 cm³/mol. The lowest BCUT2D eigenvalue weighted by atomic mass is 10.3. The molecule has 2 N–H and O–H groups in total. The zero-order valence-corrected chi connectivity index (χ0v) is 9.09. The van der Waals surface area contributed by atoms with E-state index in [-0.39, 0.29) is 24.4 Å². The fraction of sp³-hybridized carbons (Fsp3) is 0.778. The Labute approximate surface area is 84.2 Å². The first-order valence-corrected chi connectivity index (χ1v) is 4.57. The van der Waals surface area contributed by atoms with Gasteiger partial charge in [-0.1, -0.05) is 0 Å². The number of hydrogen-bond acceptors (Lipinski definition) is 3. The summed E-state index contributed by atoms with van der Waals surface area (Å²) in [6, 6.07) is 0.0826. The van der Waals surface area contributed by atoms with Gasteiger partial charge in [0.25, 0.3) is 0 Å². The van der Waals surface area contributed by atoms with Crippen LogP contribution >= 0.6 is 0 Å². The highest BCUT2D eigenvalue weighted by Gasteiger charge is 2.12. The average Bonchev–Trinajstić information content (AvgIpc) is 2.11. The molecular weight excluding hydrogens is 184 g/mol. The van der Waals surface area contributed by atoms with E-state index in [9.17, 15) is 9.59 Å². The van der Waals surface area contributed by atoms with Crippen molar-refractivity contribution in [3.63, 3.8) is 0 Å². The van der Waals surface area contributed by atoms with Crippen LogP contribution in [0.3, 0.4) is 0 Å². The third-order valence-electron chi connectivity index (χ3n) is 1.60. The minimum atomic E-state index is -0.526. The maximum absolute atomic E-state index is 11.1. The zero-order chi connectivity index (χ0) is 11.1. The molecule has 0 aromatic carbocycles. The Morgan fingerprint density at radius 3 is 2.29 bits per heavy atom. The van der Waals surface area contributed by atoms with E-state index in [0.29, 0.717) is 0 Å². The lowest BCUT2D eigenvalue weighted by Gasteiger charge is -2.11. The summed E-state index contributed by atoms with van der Waals surface area (Å²) in [5.74, 6) is -0.483. The van der Waals surface area contributed by atoms with Gasteiger partial charge in [-0.3, -0.25) is 9.59 Å². The second-order valence-electron chi connectivity index (χ2n) is 3.32. The van der Waals surface area contributed by atoms with Crippen LogP contribution in [0.25, 0.3) is 0 Å². The Hall–Kier alpha value is -1.10. The van der Waals surface area contributed by atoms with Crippen LogP contribution in [-0.2, 0) is 14.3 Å². The van der Waals surface area contributed by atoms with Crippen LogP contribution < -0.4 is 10.6 Å². The van der Waals surface area contributed by atoms with Gasteiger partial charge in [0.2, 0.25) is 11.8 Å². The SMILES string of the molecule is COC(C)C(=O)NCC(=O)NC(C)C. The van der Waals surface area contributed by atoms with Crippen molar-refractivity contribution < 1.29 is 14.3 Å². The van der Waals surface area contributed by atoms with Gasteiger partial charge in [0.1, 0.15) is 6.10 Å². The molecule has 0 fully saturated rings. The molecule has 5 nitrogen and oxygen atoms in total. The zero-order valence-electron chi connectivity index (χ0n) is 9.09. The molecule has 0 bridgehead atoms. The van der Waals surface area contributed by atoms with Gasteiger partial charge in [-0.25, -0.2) is 0 Å². The highest BCUT2D eigenvalue weighted by Crippen LogP contribution is 1.86. The number of ether oxygens (including phenoxy) is 1. The number of nitrogens with one attached hydrogen (secondary N) is 2. The van der Waals surface area contributed by atoms with Gasteiger partial charge in [-0.15, -0.1) is 0 Å². The van der Waals surface area contributed by atoms with Gasteiger partial charge in [0, 0.05) is 13.2 Å². The summed E-state index contributed by atoms with van der Waals surface area (Å²) in [5.41, 5.74) is 0. The maximum Gasteiger partial charge on any atom is 0.249 e. The lowest BCUT2D eigenvalue weighted by Crippen LogP contribution is -2.42. The average molecular weight is 202 g/mol. The van der Waals surface area contributed by atoms with Crippen LogP contribution in [0, 0.1) is 0 Å². The van der Waals surface area contributed by atoms with Gasteiger partial charge in [0.15, 0.2) is 0 Å². The standard InChI is InChI=1S/C9H18N2O3/c1-6(2)11-8(12)5-10-9(13)7(3)14-4/h6-7H,5H2,1-4H3,(H,10,13)(H,11,12). The molecule has 1 unspecified atom stereocenters. The Balaban J connectivity index is 3.72. The highest BCUT2D eigenvalue weighted by atomic mass is 16.5. The third-order valence-corrected chi connectivity index (χ3v) is 1.60. The summed E-state index contributed by atoms with van der Waals surface area (Å²) in [6.45, 7) is 5.33. The highest BCUT2D eigenvalue weighted by molar-refractivity contribution is 5.86. The summed E-state index contributed by atoms with van der Waals surface area (Å²) in [6.07, 6.45) is -0.526. The molecule has 0 spiro atoms. The van der Waals surface area contributed by atoms with Crippen LogP contribution in [0.15, 0.2) is 0 Å². The van der Waals surface area contributed by atoms with Crippen molar-refractivity contribution in [3.8, 4) is 0 Å². The molecule has 5 heteroatoms. The van der Waals surface area contributed by atoms with E-state index in [0.717, 1.165) is 0 Å². The molecule has 0 aromatic rings. The van der Waals surface area contributed by atoms with E-state index >= 15 is 0 Å². The maximum atomic E-state index is 11.1. The first-order valence-electron chi connectivity index (χ1n) is 4.57. The number of methoxy groups -OCH3 is 1. The Bertz CT molecular complexity index is 204. The number of carbonyl (C=O) groups is 2. The smallest absolute Gasteiger partial charge is 0.249 e. The van der Waals surface area contributed by atoms with Crippen molar-refractivity contribution in [2.75, 3.05) is 13.7 Å². The topological polar surface area (TPSA) is 67.4 Å². The summed E-state index contributed by atoms with van der Waals surface area (Å²) in [5, 5.41) is 5.12. The number of rotatable bonds is 5. The van der Waals surface area contributed by atoms with E-state index in [2.05, 4.69) is 10.6 Å². The van der Waals surface area contributed by atoms with Gasteiger partial charge >= 0.3 is 0 Å².